The van der Waals surface area contributed by atoms with Crippen molar-refractivity contribution in [1.29, 1.82) is 0 Å². The van der Waals surface area contributed by atoms with Crippen LogP contribution in [0.1, 0.15) is 78.0 Å². The summed E-state index contributed by atoms with van der Waals surface area (Å²) in [7, 11) is 0. The lowest BCUT2D eigenvalue weighted by Gasteiger charge is -2.40. The van der Waals surface area contributed by atoms with Crippen LogP contribution in [0.25, 0.3) is 49.9 Å². The minimum atomic E-state index is -0.0480. The van der Waals surface area contributed by atoms with Gasteiger partial charge in [-0.3, -0.25) is 4.57 Å². The van der Waals surface area contributed by atoms with Crippen molar-refractivity contribution >= 4 is 44.6 Å². The molecule has 0 radical (unpaired) electrons. The average Bonchev–Trinajstić information content (AvgIpc) is 3.79. The molecule has 5 nitrogen and oxygen atoms in total. The Kier molecular flexibility index (Phi) is 8.98. The van der Waals surface area contributed by atoms with Crippen LogP contribution >= 0.6 is 0 Å². The third-order valence-electron chi connectivity index (χ3n) is 13.6. The molecule has 0 saturated carbocycles. The Labute approximate surface area is 377 Å². The van der Waals surface area contributed by atoms with E-state index in [0.717, 1.165) is 45.0 Å². The van der Waals surface area contributed by atoms with Crippen LogP contribution in [-0.4, -0.2) is 9.55 Å². The molecule has 5 heteroatoms. The van der Waals surface area contributed by atoms with E-state index in [-0.39, 0.29) is 10.8 Å². The van der Waals surface area contributed by atoms with E-state index < -0.39 is 0 Å². The largest absolute Gasteiger partial charge is 0.457 e. The molecule has 2 aliphatic heterocycles. The molecule has 1 saturated heterocycles. The number of nitrogens with zero attached hydrogens (tertiary/aromatic N) is 4. The van der Waals surface area contributed by atoms with Crippen molar-refractivity contribution in [3.63, 3.8) is 0 Å². The topological polar surface area (TPSA) is 27.1 Å². The van der Waals surface area contributed by atoms with Gasteiger partial charge in [0.05, 0.1) is 11.0 Å². The molecule has 7 aromatic carbocycles. The van der Waals surface area contributed by atoms with Gasteiger partial charge in [0.25, 0.3) is 0 Å². The van der Waals surface area contributed by atoms with Gasteiger partial charge in [0.2, 0.25) is 11.4 Å². The molecular weight excluding hydrogens is 781 g/mol. The fourth-order valence-corrected chi connectivity index (χ4v) is 10.2. The second-order valence-electron chi connectivity index (χ2n) is 20.1. The first-order valence-electron chi connectivity index (χ1n) is 22.7. The van der Waals surface area contributed by atoms with Gasteiger partial charge in [-0.05, 0) is 92.1 Å². The van der Waals surface area contributed by atoms with Gasteiger partial charge in [-0.1, -0.05) is 146 Å². The summed E-state index contributed by atoms with van der Waals surface area (Å²) >= 11 is 0. The molecule has 0 N–H and O–H groups in total. The Morgan fingerprint density at radius 2 is 1.16 bits per heavy atom. The Morgan fingerprint density at radius 1 is 0.516 bits per heavy atom. The molecule has 4 heterocycles. The van der Waals surface area contributed by atoms with Gasteiger partial charge in [-0.2, -0.15) is 9.18 Å². The Morgan fingerprint density at radius 3 is 1.89 bits per heavy atom. The second kappa shape index (κ2) is 14.4. The maximum atomic E-state index is 7.14. The summed E-state index contributed by atoms with van der Waals surface area (Å²) in [4.78, 5) is 4.94. The standard InChI is InChI=1S/C59H55N4O/c1-39(2)49-20-12-13-21-50(49)42-32-46(63-38-62(63,55-24-16-17-25-56(55)63)45-31-41(40-18-10-9-11-19-40)30-44(34-45)59(6,7)8)36-48(33-42)64-47-26-27-52-51-22-14-15-23-53(51)61(54(52)37-47)57-35-43(28-29-60-57)58(3,4)5/h9-39H,1-8H3/q+1/t62-,63?/m0/s1. The first-order chi connectivity index (χ1) is 30.8. The number of ether oxygens (including phenoxy) is 1. The van der Waals surface area contributed by atoms with Crippen molar-refractivity contribution in [2.24, 2.45) is 0 Å². The van der Waals surface area contributed by atoms with Gasteiger partial charge >= 0.3 is 0 Å². The minimum absolute atomic E-state index is 0.0184. The second-order valence-corrected chi connectivity index (χ2v) is 20.1. The van der Waals surface area contributed by atoms with Crippen molar-refractivity contribution in [3.8, 4) is 39.6 Å². The zero-order chi connectivity index (χ0) is 44.2. The summed E-state index contributed by atoms with van der Waals surface area (Å²) < 4.78 is 10.6. The van der Waals surface area contributed by atoms with Gasteiger partial charge < -0.3 is 4.74 Å². The van der Waals surface area contributed by atoms with Crippen LogP contribution in [0.4, 0.5) is 22.7 Å². The van der Waals surface area contributed by atoms with Gasteiger partial charge in [0.15, 0.2) is 18.0 Å². The molecule has 1 fully saturated rings. The highest BCUT2D eigenvalue weighted by atomic mass is 16.5. The summed E-state index contributed by atoms with van der Waals surface area (Å²) in [5.41, 5.74) is 15.8. The lowest BCUT2D eigenvalue weighted by molar-refractivity contribution is 0.423. The van der Waals surface area contributed by atoms with Crippen LogP contribution in [0.15, 0.2) is 176 Å². The van der Waals surface area contributed by atoms with Crippen molar-refractivity contribution < 1.29 is 4.74 Å². The normalized spacial score (nSPS) is 17.9. The number of aromatic nitrogens is 2. The molecule has 0 aliphatic carbocycles. The van der Waals surface area contributed by atoms with Crippen molar-refractivity contribution in [1.82, 2.24) is 18.7 Å². The molecule has 2 atom stereocenters. The molecule has 2 aromatic heterocycles. The van der Waals surface area contributed by atoms with Crippen molar-refractivity contribution in [2.45, 2.75) is 72.1 Å². The quantitative estimate of drug-likeness (QED) is 0.0866. The molecule has 64 heavy (non-hydrogen) atoms. The van der Waals surface area contributed by atoms with Crippen molar-refractivity contribution in [3.05, 3.63) is 199 Å². The number of pyridine rings is 1. The highest BCUT2D eigenvalue weighted by molar-refractivity contribution is 6.09. The Hall–Kier alpha value is -6.79. The summed E-state index contributed by atoms with van der Waals surface area (Å²) in [5, 5.41) is 2.35. The molecule has 1 unspecified atom stereocenters. The van der Waals surface area contributed by atoms with E-state index in [2.05, 4.69) is 236 Å². The number of hydrogen-bond acceptors (Lipinski definition) is 2. The number of para-hydroxylation sites is 3. The Balaban J connectivity index is 1.09. The average molecular weight is 836 g/mol. The maximum absolute atomic E-state index is 7.14. The zero-order valence-electron chi connectivity index (χ0n) is 38.1. The first-order valence-corrected chi connectivity index (χ1v) is 22.7. The SMILES string of the molecule is CC(C)c1ccccc1-c1cc(Oc2ccc3c4ccccc4n(-c4cc(C(C)(C)C)ccn4)c3c2)cc([N+]23[CH-][N@+]2(c2cc(-c4ccccc4)cc(C(C)(C)C)c2)c2ccccc23)c1. The van der Waals surface area contributed by atoms with Crippen molar-refractivity contribution in [2.75, 3.05) is 0 Å². The van der Waals surface area contributed by atoms with Crippen LogP contribution in [0.3, 0.4) is 0 Å². The van der Waals surface area contributed by atoms with E-state index in [0.29, 0.717) is 15.1 Å². The van der Waals surface area contributed by atoms with Gasteiger partial charge in [0, 0.05) is 59.4 Å². The fraction of sp³-hybridized carbons (Fsp3) is 0.186. The van der Waals surface area contributed by atoms with E-state index in [4.69, 9.17) is 9.72 Å². The first kappa shape index (κ1) is 40.0. The highest BCUT2D eigenvalue weighted by Crippen LogP contribution is 2.75. The fourth-order valence-electron chi connectivity index (χ4n) is 10.2. The number of rotatable bonds is 8. The lowest BCUT2D eigenvalue weighted by Crippen LogP contribution is -2.46. The van der Waals surface area contributed by atoms with Crippen LogP contribution in [0.2, 0.25) is 0 Å². The van der Waals surface area contributed by atoms with Gasteiger partial charge in [-0.15, -0.1) is 0 Å². The summed E-state index contributed by atoms with van der Waals surface area (Å²) in [6, 6.07) is 62.2. The van der Waals surface area contributed by atoms with Crippen LogP contribution in [0.5, 0.6) is 11.5 Å². The monoisotopic (exact) mass is 835 g/mol. The minimum Gasteiger partial charge on any atom is -0.457 e. The van der Waals surface area contributed by atoms with E-state index in [1.165, 1.54) is 55.8 Å². The molecule has 0 bridgehead atoms. The van der Waals surface area contributed by atoms with Crippen LogP contribution in [-0.2, 0) is 10.8 Å². The Bertz CT molecular complexity index is 3290. The number of quaternary nitrogens is 2. The molecule has 316 valence electrons. The predicted octanol–water partition coefficient (Wildman–Crippen LogP) is 16.4. The summed E-state index contributed by atoms with van der Waals surface area (Å²) in [6.45, 7) is 20.7. The van der Waals surface area contributed by atoms with Crippen LogP contribution < -0.4 is 13.9 Å². The number of benzene rings is 7. The molecule has 2 aliphatic rings. The molecule has 0 amide bonds. The summed E-state index contributed by atoms with van der Waals surface area (Å²) in [5.74, 6) is 2.81. The molecule has 11 rings (SSSR count). The van der Waals surface area contributed by atoms with Crippen LogP contribution in [0, 0.1) is 6.67 Å². The summed E-state index contributed by atoms with van der Waals surface area (Å²) in [6.07, 6.45) is 1.93. The smallest absolute Gasteiger partial charge is 0.225 e. The predicted molar refractivity (Wildman–Crippen MR) is 268 cm³/mol. The van der Waals surface area contributed by atoms with E-state index >= 15 is 0 Å². The number of fused-ring (bicyclic) bond motifs is 7. The number of hydrogen-bond donors (Lipinski definition) is 0. The molecule has 9 aromatic rings. The zero-order valence-corrected chi connectivity index (χ0v) is 38.1. The third-order valence-corrected chi connectivity index (χ3v) is 13.6. The highest BCUT2D eigenvalue weighted by Gasteiger charge is 2.78. The molecule has 0 spiro atoms. The van der Waals surface area contributed by atoms with E-state index in [1.807, 2.05) is 6.20 Å². The maximum Gasteiger partial charge on any atom is 0.225 e. The molecular formula is C59H55N4O+. The van der Waals surface area contributed by atoms with Gasteiger partial charge in [0.1, 0.15) is 17.3 Å². The van der Waals surface area contributed by atoms with E-state index in [9.17, 15) is 0 Å². The lowest BCUT2D eigenvalue weighted by atomic mass is 9.84. The van der Waals surface area contributed by atoms with E-state index in [1.54, 1.807) is 0 Å². The third kappa shape index (κ3) is 6.17. The van der Waals surface area contributed by atoms with Gasteiger partial charge in [-0.25, -0.2) is 4.98 Å².